The van der Waals surface area contributed by atoms with Gasteiger partial charge in [0.05, 0.1) is 6.10 Å². The summed E-state index contributed by atoms with van der Waals surface area (Å²) in [4.78, 5) is 25.7. The van der Waals surface area contributed by atoms with Crippen LogP contribution < -0.4 is 10.2 Å². The molecule has 0 radical (unpaired) electrons. The standard InChI is InChI=1S/C21H20F4N2O3/c22-15-10-8-14(9-11-15)18(19(28)26-13-17-7-4-12-30-17)27(20(29)21(23,24)25)16-5-2-1-3-6-16/h1-3,5-6,8-11,17-18H,4,7,12-13H2,(H,26,28)/t17-,18+/m0/s1. The molecule has 30 heavy (non-hydrogen) atoms. The zero-order chi connectivity index (χ0) is 21.7. The minimum Gasteiger partial charge on any atom is -0.376 e. The SMILES string of the molecule is O=C(NC[C@@H]1CCCO1)[C@@H](c1ccc(F)cc1)N(C(=O)C(F)(F)F)c1ccccc1. The van der Waals surface area contributed by atoms with Crippen molar-refractivity contribution in [2.24, 2.45) is 0 Å². The first-order chi connectivity index (χ1) is 14.3. The van der Waals surface area contributed by atoms with Crippen LogP contribution in [-0.2, 0) is 14.3 Å². The van der Waals surface area contributed by atoms with Crippen LogP contribution in [0.25, 0.3) is 0 Å². The summed E-state index contributed by atoms with van der Waals surface area (Å²) in [7, 11) is 0. The first kappa shape index (κ1) is 21.8. The van der Waals surface area contributed by atoms with Crippen LogP contribution in [-0.4, -0.2) is 37.2 Å². The van der Waals surface area contributed by atoms with Crippen LogP contribution >= 0.6 is 0 Å². The maximum atomic E-state index is 13.4. The monoisotopic (exact) mass is 424 g/mol. The summed E-state index contributed by atoms with van der Waals surface area (Å²) in [5, 5.41) is 2.58. The molecule has 1 aliphatic rings. The van der Waals surface area contributed by atoms with Gasteiger partial charge in [-0.15, -0.1) is 0 Å². The Hall–Kier alpha value is -2.94. The van der Waals surface area contributed by atoms with Crippen molar-refractivity contribution in [3.8, 4) is 0 Å². The van der Waals surface area contributed by atoms with Gasteiger partial charge in [-0.25, -0.2) is 4.39 Å². The smallest absolute Gasteiger partial charge is 0.376 e. The Kier molecular flexibility index (Phi) is 6.71. The van der Waals surface area contributed by atoms with E-state index in [9.17, 15) is 27.2 Å². The van der Waals surface area contributed by atoms with E-state index < -0.39 is 29.8 Å². The third-order valence-electron chi connectivity index (χ3n) is 4.72. The van der Waals surface area contributed by atoms with E-state index in [2.05, 4.69) is 5.32 Å². The molecule has 2 amide bonds. The van der Waals surface area contributed by atoms with Gasteiger partial charge >= 0.3 is 12.1 Å². The third kappa shape index (κ3) is 5.15. The number of anilines is 1. The van der Waals surface area contributed by atoms with E-state index in [4.69, 9.17) is 4.74 Å². The molecule has 160 valence electrons. The van der Waals surface area contributed by atoms with E-state index in [0.717, 1.165) is 18.6 Å². The molecule has 3 rings (SSSR count). The number of alkyl halides is 3. The molecule has 1 heterocycles. The first-order valence-electron chi connectivity index (χ1n) is 9.37. The molecule has 0 unspecified atom stereocenters. The molecular formula is C21H20F4N2O3. The first-order valence-corrected chi connectivity index (χ1v) is 9.37. The molecule has 0 bridgehead atoms. The fourth-order valence-electron chi connectivity index (χ4n) is 3.29. The molecule has 1 N–H and O–H groups in total. The van der Waals surface area contributed by atoms with Gasteiger partial charge in [0.25, 0.3) is 0 Å². The molecule has 0 aliphatic carbocycles. The Bertz CT molecular complexity index is 866. The summed E-state index contributed by atoms with van der Waals surface area (Å²) in [5.41, 5.74) is -0.0656. The van der Waals surface area contributed by atoms with Gasteiger partial charge in [-0.1, -0.05) is 30.3 Å². The third-order valence-corrected chi connectivity index (χ3v) is 4.72. The Balaban J connectivity index is 2.00. The fraction of sp³-hybridized carbons (Fsp3) is 0.333. The van der Waals surface area contributed by atoms with Crippen LogP contribution in [0.5, 0.6) is 0 Å². The number of hydrogen-bond donors (Lipinski definition) is 1. The van der Waals surface area contributed by atoms with Crippen LogP contribution in [0.15, 0.2) is 54.6 Å². The predicted octanol–water partition coefficient (Wildman–Crippen LogP) is 3.76. The number of benzene rings is 2. The molecule has 9 heteroatoms. The van der Waals surface area contributed by atoms with E-state index in [1.165, 1.54) is 36.4 Å². The summed E-state index contributed by atoms with van der Waals surface area (Å²) in [5.74, 6) is -3.64. The molecule has 1 saturated heterocycles. The maximum Gasteiger partial charge on any atom is 0.471 e. The van der Waals surface area contributed by atoms with Gasteiger partial charge in [0, 0.05) is 18.8 Å². The van der Waals surface area contributed by atoms with Crippen molar-refractivity contribution < 1.29 is 31.9 Å². The van der Waals surface area contributed by atoms with Crippen molar-refractivity contribution in [2.75, 3.05) is 18.1 Å². The Morgan fingerprint density at radius 3 is 2.33 bits per heavy atom. The lowest BCUT2D eigenvalue weighted by Gasteiger charge is -2.32. The van der Waals surface area contributed by atoms with E-state index in [-0.39, 0.29) is 23.9 Å². The van der Waals surface area contributed by atoms with Gasteiger partial charge in [0.1, 0.15) is 11.9 Å². The number of amides is 2. The van der Waals surface area contributed by atoms with Crippen LogP contribution in [0.4, 0.5) is 23.2 Å². The highest BCUT2D eigenvalue weighted by atomic mass is 19.4. The van der Waals surface area contributed by atoms with Crippen molar-refractivity contribution in [2.45, 2.75) is 31.2 Å². The highest BCUT2D eigenvalue weighted by Crippen LogP contribution is 2.32. The Labute approximate surface area is 170 Å². The van der Waals surface area contributed by atoms with Crippen LogP contribution in [0.2, 0.25) is 0 Å². The van der Waals surface area contributed by atoms with Crippen LogP contribution in [0.1, 0.15) is 24.4 Å². The lowest BCUT2D eigenvalue weighted by Crippen LogP contribution is -2.49. The fourth-order valence-corrected chi connectivity index (χ4v) is 3.29. The molecular weight excluding hydrogens is 404 g/mol. The van der Waals surface area contributed by atoms with Gasteiger partial charge in [0.2, 0.25) is 5.91 Å². The van der Waals surface area contributed by atoms with E-state index >= 15 is 0 Å². The van der Waals surface area contributed by atoms with E-state index in [1.54, 1.807) is 6.07 Å². The van der Waals surface area contributed by atoms with Gasteiger partial charge < -0.3 is 10.1 Å². The van der Waals surface area contributed by atoms with E-state index in [1.807, 2.05) is 0 Å². The number of nitrogens with one attached hydrogen (secondary N) is 1. The summed E-state index contributed by atoms with van der Waals surface area (Å²) in [6.45, 7) is 0.643. The topological polar surface area (TPSA) is 58.6 Å². The molecule has 0 aromatic heterocycles. The second-order valence-corrected chi connectivity index (χ2v) is 6.84. The number of ether oxygens (including phenoxy) is 1. The van der Waals surface area contributed by atoms with E-state index in [0.29, 0.717) is 17.9 Å². The lowest BCUT2D eigenvalue weighted by molar-refractivity contribution is -0.171. The van der Waals surface area contributed by atoms with Crippen molar-refractivity contribution in [3.63, 3.8) is 0 Å². The number of halogens is 4. The Morgan fingerprint density at radius 2 is 1.77 bits per heavy atom. The number of carbonyl (C=O) groups excluding carboxylic acids is 2. The molecule has 5 nitrogen and oxygen atoms in total. The zero-order valence-electron chi connectivity index (χ0n) is 15.9. The Morgan fingerprint density at radius 1 is 1.10 bits per heavy atom. The van der Waals surface area contributed by atoms with Gasteiger partial charge in [0.15, 0.2) is 0 Å². The normalized spacial score (nSPS) is 17.4. The van der Waals surface area contributed by atoms with Crippen LogP contribution in [0.3, 0.4) is 0 Å². The summed E-state index contributed by atoms with van der Waals surface area (Å²) in [6, 6.07) is 9.86. The molecule has 0 saturated carbocycles. The quantitative estimate of drug-likeness (QED) is 0.719. The molecule has 1 aliphatic heterocycles. The number of rotatable bonds is 6. The molecule has 1 fully saturated rings. The van der Waals surface area contributed by atoms with Gasteiger partial charge in [-0.05, 0) is 42.7 Å². The summed E-state index contributed by atoms with van der Waals surface area (Å²) < 4.78 is 59.1. The maximum absolute atomic E-state index is 13.4. The van der Waals surface area contributed by atoms with Crippen molar-refractivity contribution in [1.82, 2.24) is 5.32 Å². The zero-order valence-corrected chi connectivity index (χ0v) is 15.9. The number of nitrogens with zero attached hydrogens (tertiary/aromatic N) is 1. The summed E-state index contributed by atoms with van der Waals surface area (Å²) >= 11 is 0. The predicted molar refractivity (Wildman–Crippen MR) is 101 cm³/mol. The van der Waals surface area contributed by atoms with Crippen molar-refractivity contribution in [3.05, 3.63) is 66.0 Å². The second-order valence-electron chi connectivity index (χ2n) is 6.84. The molecule has 2 aromatic rings. The average molecular weight is 424 g/mol. The van der Waals surface area contributed by atoms with Gasteiger partial charge in [-0.2, -0.15) is 13.2 Å². The molecule has 2 atom stereocenters. The van der Waals surface area contributed by atoms with Crippen molar-refractivity contribution >= 4 is 17.5 Å². The number of carbonyl (C=O) groups is 2. The number of hydrogen-bond acceptors (Lipinski definition) is 3. The molecule has 2 aromatic carbocycles. The summed E-state index contributed by atoms with van der Waals surface area (Å²) in [6.07, 6.45) is -3.93. The van der Waals surface area contributed by atoms with Crippen molar-refractivity contribution in [1.29, 1.82) is 0 Å². The average Bonchev–Trinajstić information content (AvgIpc) is 3.24. The van der Waals surface area contributed by atoms with Crippen LogP contribution in [0, 0.1) is 5.82 Å². The highest BCUT2D eigenvalue weighted by molar-refractivity contribution is 6.03. The van der Waals surface area contributed by atoms with Gasteiger partial charge in [-0.3, -0.25) is 14.5 Å². The lowest BCUT2D eigenvalue weighted by atomic mass is 10.0. The highest BCUT2D eigenvalue weighted by Gasteiger charge is 2.47. The molecule has 0 spiro atoms. The minimum absolute atomic E-state index is 0.0442. The second kappa shape index (κ2) is 9.25. The minimum atomic E-state index is -5.22. The largest absolute Gasteiger partial charge is 0.471 e. The number of para-hydroxylation sites is 1.